The molecule has 0 aliphatic heterocycles. The molecule has 3 nitrogen and oxygen atoms in total. The first kappa shape index (κ1) is 14.9. The maximum Gasteiger partial charge on any atom is 0.0593 e. The summed E-state index contributed by atoms with van der Waals surface area (Å²) in [4.78, 5) is 2.31. The van der Waals surface area contributed by atoms with Crippen molar-refractivity contribution < 1.29 is 4.74 Å². The Kier molecular flexibility index (Phi) is 11.9. The quantitative estimate of drug-likeness (QED) is 0.532. The summed E-state index contributed by atoms with van der Waals surface area (Å²) in [5.74, 6) is 0. The number of hydrogen-bond donors (Lipinski definition) is 1. The standard InChI is InChI=1S/C12H28N2O/c1-4-6-7-8-13-9-10-14(3)11-12-15-5-2/h13H,4-12H2,1-3H3. The number of nitrogens with zero attached hydrogens (tertiary/aromatic N) is 1. The minimum atomic E-state index is 0.823. The van der Waals surface area contributed by atoms with Gasteiger partial charge in [0.05, 0.1) is 6.61 Å². The van der Waals surface area contributed by atoms with Gasteiger partial charge in [-0.2, -0.15) is 0 Å². The van der Waals surface area contributed by atoms with Crippen molar-refractivity contribution in [3.63, 3.8) is 0 Å². The van der Waals surface area contributed by atoms with Gasteiger partial charge in [0.15, 0.2) is 0 Å². The highest BCUT2D eigenvalue weighted by Gasteiger charge is 1.96. The van der Waals surface area contributed by atoms with E-state index < -0.39 is 0 Å². The normalized spacial score (nSPS) is 11.2. The molecule has 0 saturated carbocycles. The maximum absolute atomic E-state index is 5.30. The van der Waals surface area contributed by atoms with Crippen molar-refractivity contribution in [1.82, 2.24) is 10.2 Å². The van der Waals surface area contributed by atoms with E-state index in [4.69, 9.17) is 4.74 Å². The molecule has 0 aliphatic carbocycles. The summed E-state index contributed by atoms with van der Waals surface area (Å²) in [6, 6.07) is 0. The molecule has 0 heterocycles. The molecule has 0 aromatic heterocycles. The lowest BCUT2D eigenvalue weighted by Crippen LogP contribution is -2.31. The largest absolute Gasteiger partial charge is 0.380 e. The molecule has 0 bridgehead atoms. The van der Waals surface area contributed by atoms with E-state index in [-0.39, 0.29) is 0 Å². The van der Waals surface area contributed by atoms with Crippen LogP contribution in [0, 0.1) is 0 Å². The molecule has 92 valence electrons. The Hall–Kier alpha value is -0.120. The van der Waals surface area contributed by atoms with Crippen LogP contribution >= 0.6 is 0 Å². The van der Waals surface area contributed by atoms with Crippen LogP contribution in [-0.2, 0) is 4.74 Å². The summed E-state index contributed by atoms with van der Waals surface area (Å²) in [5.41, 5.74) is 0. The third-order valence-electron chi connectivity index (χ3n) is 2.45. The van der Waals surface area contributed by atoms with Crippen LogP contribution in [0.15, 0.2) is 0 Å². The number of rotatable bonds is 11. The average Bonchev–Trinajstić information content (AvgIpc) is 2.23. The second-order valence-electron chi connectivity index (χ2n) is 3.96. The zero-order chi connectivity index (χ0) is 11.4. The van der Waals surface area contributed by atoms with Gasteiger partial charge in [-0.1, -0.05) is 19.8 Å². The summed E-state index contributed by atoms with van der Waals surface area (Å²) >= 11 is 0. The van der Waals surface area contributed by atoms with Crippen molar-refractivity contribution in [3.05, 3.63) is 0 Å². The van der Waals surface area contributed by atoms with Gasteiger partial charge in [-0.25, -0.2) is 0 Å². The third-order valence-corrected chi connectivity index (χ3v) is 2.45. The summed E-state index contributed by atoms with van der Waals surface area (Å²) in [6.07, 6.45) is 3.95. The molecule has 0 fully saturated rings. The highest BCUT2D eigenvalue weighted by Crippen LogP contribution is 1.90. The number of hydrogen-bond acceptors (Lipinski definition) is 3. The number of likely N-dealkylation sites (N-methyl/N-ethyl adjacent to an activating group) is 1. The van der Waals surface area contributed by atoms with Crippen molar-refractivity contribution in [1.29, 1.82) is 0 Å². The van der Waals surface area contributed by atoms with Crippen molar-refractivity contribution in [3.8, 4) is 0 Å². The van der Waals surface area contributed by atoms with Crippen molar-refractivity contribution in [2.24, 2.45) is 0 Å². The highest BCUT2D eigenvalue weighted by molar-refractivity contribution is 4.54. The number of unbranched alkanes of at least 4 members (excludes halogenated alkanes) is 2. The SMILES string of the molecule is CCCCCNCCN(C)CCOCC. The fourth-order valence-corrected chi connectivity index (χ4v) is 1.37. The second kappa shape index (κ2) is 12.0. The summed E-state index contributed by atoms with van der Waals surface area (Å²) in [7, 11) is 2.15. The van der Waals surface area contributed by atoms with Gasteiger partial charge in [-0.05, 0) is 26.9 Å². The molecule has 0 aromatic rings. The van der Waals surface area contributed by atoms with E-state index in [9.17, 15) is 0 Å². The molecule has 0 atom stereocenters. The molecule has 0 amide bonds. The monoisotopic (exact) mass is 216 g/mol. The van der Waals surface area contributed by atoms with Crippen LogP contribution in [0.5, 0.6) is 0 Å². The van der Waals surface area contributed by atoms with E-state index in [1.807, 2.05) is 6.92 Å². The van der Waals surface area contributed by atoms with Crippen molar-refractivity contribution in [2.75, 3.05) is 46.4 Å². The van der Waals surface area contributed by atoms with E-state index >= 15 is 0 Å². The Morgan fingerprint density at radius 2 is 1.87 bits per heavy atom. The van der Waals surface area contributed by atoms with E-state index in [0.717, 1.165) is 39.4 Å². The van der Waals surface area contributed by atoms with Gasteiger partial charge in [0, 0.05) is 26.2 Å². The summed E-state index contributed by atoms with van der Waals surface area (Å²) in [5, 5.41) is 3.46. The molecule has 0 rings (SSSR count). The van der Waals surface area contributed by atoms with Gasteiger partial charge in [0.1, 0.15) is 0 Å². The van der Waals surface area contributed by atoms with Gasteiger partial charge in [-0.15, -0.1) is 0 Å². The lowest BCUT2D eigenvalue weighted by Gasteiger charge is -2.16. The molecule has 1 N–H and O–H groups in total. The summed E-state index contributed by atoms with van der Waals surface area (Å²) < 4.78 is 5.30. The van der Waals surface area contributed by atoms with Crippen molar-refractivity contribution in [2.45, 2.75) is 33.1 Å². The average molecular weight is 216 g/mol. The minimum absolute atomic E-state index is 0.823. The lowest BCUT2D eigenvalue weighted by atomic mass is 10.2. The lowest BCUT2D eigenvalue weighted by molar-refractivity contribution is 0.122. The molecule has 0 saturated heterocycles. The Labute approximate surface area is 95.2 Å². The van der Waals surface area contributed by atoms with Crippen molar-refractivity contribution >= 4 is 0 Å². The van der Waals surface area contributed by atoms with Crippen LogP contribution in [0.25, 0.3) is 0 Å². The smallest absolute Gasteiger partial charge is 0.0593 e. The second-order valence-corrected chi connectivity index (χ2v) is 3.96. The zero-order valence-corrected chi connectivity index (χ0v) is 10.7. The fraction of sp³-hybridized carbons (Fsp3) is 1.00. The predicted octanol–water partition coefficient (Wildman–Crippen LogP) is 1.73. The van der Waals surface area contributed by atoms with E-state index in [1.54, 1.807) is 0 Å². The Bertz CT molecular complexity index is 120. The van der Waals surface area contributed by atoms with E-state index in [1.165, 1.54) is 19.3 Å². The van der Waals surface area contributed by atoms with Crippen LogP contribution in [-0.4, -0.2) is 51.3 Å². The molecule has 0 spiro atoms. The zero-order valence-electron chi connectivity index (χ0n) is 10.7. The van der Waals surface area contributed by atoms with Crippen LogP contribution in [0.1, 0.15) is 33.1 Å². The molecule has 0 aliphatic rings. The Balaban J connectivity index is 3.06. The van der Waals surface area contributed by atoms with Crippen LogP contribution < -0.4 is 5.32 Å². The molecule has 3 heteroatoms. The molecular weight excluding hydrogens is 188 g/mol. The Morgan fingerprint density at radius 3 is 2.53 bits per heavy atom. The van der Waals surface area contributed by atoms with Gasteiger partial charge < -0.3 is 15.0 Å². The Morgan fingerprint density at radius 1 is 1.07 bits per heavy atom. The van der Waals surface area contributed by atoms with Gasteiger partial charge in [0.25, 0.3) is 0 Å². The van der Waals surface area contributed by atoms with Gasteiger partial charge >= 0.3 is 0 Å². The van der Waals surface area contributed by atoms with Crippen LogP contribution in [0.3, 0.4) is 0 Å². The van der Waals surface area contributed by atoms with E-state index in [2.05, 4.69) is 24.2 Å². The first-order valence-electron chi connectivity index (χ1n) is 6.28. The third kappa shape index (κ3) is 11.8. The minimum Gasteiger partial charge on any atom is -0.380 e. The number of nitrogens with one attached hydrogen (secondary N) is 1. The van der Waals surface area contributed by atoms with Gasteiger partial charge in [-0.3, -0.25) is 0 Å². The molecule has 0 radical (unpaired) electrons. The first-order chi connectivity index (χ1) is 7.31. The van der Waals surface area contributed by atoms with Crippen LogP contribution in [0.2, 0.25) is 0 Å². The molecular formula is C12H28N2O. The van der Waals surface area contributed by atoms with Gasteiger partial charge in [0.2, 0.25) is 0 Å². The first-order valence-corrected chi connectivity index (χ1v) is 6.28. The molecule has 15 heavy (non-hydrogen) atoms. The molecule has 0 aromatic carbocycles. The fourth-order valence-electron chi connectivity index (χ4n) is 1.37. The predicted molar refractivity (Wildman–Crippen MR) is 66.4 cm³/mol. The highest BCUT2D eigenvalue weighted by atomic mass is 16.5. The topological polar surface area (TPSA) is 24.5 Å². The molecule has 0 unspecified atom stereocenters. The van der Waals surface area contributed by atoms with Crippen LogP contribution in [0.4, 0.5) is 0 Å². The number of ether oxygens (including phenoxy) is 1. The van der Waals surface area contributed by atoms with E-state index in [0.29, 0.717) is 0 Å². The summed E-state index contributed by atoms with van der Waals surface area (Å²) in [6.45, 7) is 10.3. The maximum atomic E-state index is 5.30.